The Balaban J connectivity index is 0.901. The van der Waals surface area contributed by atoms with Crippen LogP contribution in [0.2, 0.25) is 0 Å². The fourth-order valence-electron chi connectivity index (χ4n) is 11.4. The van der Waals surface area contributed by atoms with Gasteiger partial charge in [-0.05, 0) is 327 Å². The number of hydrogen-bond acceptors (Lipinski definition) is 12. The van der Waals surface area contributed by atoms with E-state index in [2.05, 4.69) is 213 Å². The van der Waals surface area contributed by atoms with Gasteiger partial charge in [-0.25, -0.2) is 9.59 Å². The van der Waals surface area contributed by atoms with E-state index in [1.165, 1.54) is 0 Å². The average molecular weight is 1850 g/mol. The van der Waals surface area contributed by atoms with Gasteiger partial charge in [-0.3, -0.25) is 0 Å². The third-order valence-electron chi connectivity index (χ3n) is 16.4. The molecule has 0 spiro atoms. The number of aliphatic hydroxyl groups excluding tert-OH is 1. The predicted molar refractivity (Wildman–Crippen MR) is 381 cm³/mol. The molecule has 6 aromatic rings. The van der Waals surface area contributed by atoms with Gasteiger partial charge in [0, 0.05) is 0 Å². The van der Waals surface area contributed by atoms with Crippen molar-refractivity contribution in [3.8, 4) is 51.7 Å². The molecule has 1 N–H and O–H groups in total. The maximum absolute atomic E-state index is 13.0. The predicted octanol–water partition coefficient (Wildman–Crippen LogP) is 19.3. The van der Waals surface area contributed by atoms with Gasteiger partial charge in [-0.2, -0.15) is 0 Å². The summed E-state index contributed by atoms with van der Waals surface area (Å²) < 4.78 is 61.1. The van der Waals surface area contributed by atoms with Gasteiger partial charge in [0.25, 0.3) is 0 Å². The van der Waals surface area contributed by atoms with E-state index < -0.39 is 28.4 Å². The zero-order chi connectivity index (χ0) is 60.6. The van der Waals surface area contributed by atoms with Gasteiger partial charge in [0.1, 0.15) is 69.6 Å². The highest BCUT2D eigenvalue weighted by Crippen LogP contribution is 2.45. The summed E-state index contributed by atoms with van der Waals surface area (Å²) in [5.74, 6) is 5.97. The Morgan fingerprint density at radius 1 is 0.424 bits per heavy atom. The molecule has 3 fully saturated rings. The lowest BCUT2D eigenvalue weighted by atomic mass is 9.88. The molecule has 9 rings (SSSR count). The third kappa shape index (κ3) is 17.0. The van der Waals surface area contributed by atoms with E-state index >= 15 is 0 Å². The van der Waals surface area contributed by atoms with Crippen LogP contribution in [-0.2, 0) is 34.7 Å². The Kier molecular flexibility index (Phi) is 23.9. The van der Waals surface area contributed by atoms with Crippen LogP contribution < -0.4 is 28.4 Å². The number of esters is 2. The average Bonchev–Trinajstić information content (AvgIpc) is 4.37. The van der Waals surface area contributed by atoms with Gasteiger partial charge in [-0.15, -0.1) is 0 Å². The van der Waals surface area contributed by atoms with Crippen LogP contribution in [0.15, 0.2) is 124 Å². The highest BCUT2D eigenvalue weighted by molar-refractivity contribution is 14.1. The van der Waals surface area contributed by atoms with Crippen LogP contribution in [0.25, 0.3) is 0 Å². The molecule has 0 radical (unpaired) electrons. The zero-order valence-electron chi connectivity index (χ0n) is 48.4. The van der Waals surface area contributed by atoms with Crippen molar-refractivity contribution in [1.29, 1.82) is 0 Å². The van der Waals surface area contributed by atoms with Crippen LogP contribution in [0.1, 0.15) is 119 Å². The van der Waals surface area contributed by atoms with Crippen molar-refractivity contribution in [2.24, 2.45) is 17.8 Å². The monoisotopic (exact) mass is 1850 g/mol. The molecule has 6 aromatic carbocycles. The highest BCUT2D eigenvalue weighted by Gasteiger charge is 2.43. The van der Waals surface area contributed by atoms with E-state index in [1.807, 2.05) is 72.8 Å². The largest absolute Gasteiger partial charge is 0.487 e. The smallest absolute Gasteiger partial charge is 0.344 e. The van der Waals surface area contributed by atoms with E-state index in [9.17, 15) is 14.7 Å². The van der Waals surface area contributed by atoms with Crippen molar-refractivity contribution >= 4 is 158 Å². The minimum Gasteiger partial charge on any atom is -0.487 e. The summed E-state index contributed by atoms with van der Waals surface area (Å²) in [6.07, 6.45) is 10.9. The summed E-state index contributed by atoms with van der Waals surface area (Å²) >= 11 is 13.4. The van der Waals surface area contributed by atoms with Crippen molar-refractivity contribution in [3.63, 3.8) is 0 Å². The molecule has 454 valence electrons. The number of carbonyl (C=O) groups is 2. The van der Waals surface area contributed by atoms with Crippen molar-refractivity contribution in [3.05, 3.63) is 131 Å². The number of hydrogen-bond donors (Lipinski definition) is 1. The number of halogens is 6. The molecule has 0 heterocycles. The van der Waals surface area contributed by atoms with E-state index in [0.29, 0.717) is 57.7 Å². The Morgan fingerprint density at radius 3 is 1.00 bits per heavy atom. The lowest BCUT2D eigenvalue weighted by Gasteiger charge is -2.35. The van der Waals surface area contributed by atoms with Crippen molar-refractivity contribution in [2.75, 3.05) is 19.8 Å². The van der Waals surface area contributed by atoms with E-state index in [4.69, 9.17) is 42.6 Å². The van der Waals surface area contributed by atoms with Crippen LogP contribution in [-0.4, -0.2) is 60.0 Å². The first-order valence-electron chi connectivity index (χ1n) is 28.9. The maximum Gasteiger partial charge on any atom is 0.344 e. The molecular formula is C66H71I6O12S+. The van der Waals surface area contributed by atoms with Crippen molar-refractivity contribution < 1.29 is 57.3 Å². The van der Waals surface area contributed by atoms with Crippen LogP contribution in [0, 0.1) is 39.2 Å². The van der Waals surface area contributed by atoms with E-state index in [1.54, 1.807) is 0 Å². The summed E-state index contributed by atoms with van der Waals surface area (Å²) in [5.41, 5.74) is -1.13. The van der Waals surface area contributed by atoms with Gasteiger partial charge in [0.05, 0.1) is 37.9 Å². The molecule has 3 aliphatic rings. The molecule has 85 heavy (non-hydrogen) atoms. The first kappa shape index (κ1) is 67.1. The Bertz CT molecular complexity index is 3120. The molecule has 12 nitrogen and oxygen atoms in total. The number of carbonyl (C=O) groups excluding carboxylic acids is 2. The Labute approximate surface area is 584 Å². The molecule has 19 heteroatoms. The molecule has 0 aliphatic heterocycles. The maximum atomic E-state index is 13.0. The van der Waals surface area contributed by atoms with Crippen LogP contribution in [0.3, 0.4) is 0 Å². The van der Waals surface area contributed by atoms with Gasteiger partial charge in [0.2, 0.25) is 0 Å². The van der Waals surface area contributed by atoms with Gasteiger partial charge >= 0.3 is 11.9 Å². The van der Waals surface area contributed by atoms with Gasteiger partial charge < -0.3 is 47.7 Å². The molecule has 1 unspecified atom stereocenters. The topological polar surface area (TPSA) is 137 Å². The van der Waals surface area contributed by atoms with E-state index in [-0.39, 0.29) is 49.2 Å². The molecule has 3 saturated carbocycles. The molecular weight excluding hydrogens is 1780 g/mol. The van der Waals surface area contributed by atoms with E-state index in [0.717, 1.165) is 113 Å². The molecule has 3 aliphatic carbocycles. The fraction of sp³-hybridized carbons (Fsp3) is 0.424. The van der Waals surface area contributed by atoms with Crippen molar-refractivity contribution in [2.45, 2.75) is 156 Å². The number of rotatable bonds is 25. The summed E-state index contributed by atoms with van der Waals surface area (Å²) in [6.45, 7) is 12.5. The zero-order valence-corrected chi connectivity index (χ0v) is 62.2. The fourth-order valence-corrected chi connectivity index (χ4v) is 16.9. The van der Waals surface area contributed by atoms with Gasteiger partial charge in [0.15, 0.2) is 34.2 Å². The standard InChI is InChI=1S/C66H71I6O12S/c1-40(2)64(25-7-8-26-64)82-61(73)37-76-55-31-52(70)58(34-49(55)67)79-43-13-19-46(20-14-43)85(47-21-15-44(16-22-47)80-59-35-50(68)56(32-53(59)71)77-38-62(74)83-65(41(3)4)27-9-10-28-65)48-23-17-45(18-24-48)81-60-36-51(69)57(33-54(60)72)78-39-63(75)84-66(42(5)6)29-11-12-30-66/h13-24,31-36,40-42,61,73H,7-12,25-30,37-39H2,1-6H3/q+1. The second-order valence-corrected chi connectivity index (χ2v) is 31.9. The number of benzene rings is 6. The molecule has 1 atom stereocenters. The second-order valence-electron chi connectivity index (χ2n) is 22.9. The molecule has 0 aromatic heterocycles. The quantitative estimate of drug-likeness (QED) is 0.0253. The SMILES string of the molecule is CC(C)C1(OC(=O)COc2cc(I)c(Oc3ccc([S+](c4ccc(Oc5cc(I)c(OCC(=O)OC6(C(C)C)CCCC6)cc5I)cc4)c4ccc(Oc5cc(I)c(OCC(O)OC6(C(C)C)CCCC6)cc5I)cc4)cc3)cc2I)CCCC1. The lowest BCUT2D eigenvalue weighted by molar-refractivity contribution is -0.209. The summed E-state index contributed by atoms with van der Waals surface area (Å²) in [7, 11) is -0.584. The minimum atomic E-state index is -1.03. The first-order valence-corrected chi connectivity index (χ1v) is 36.6. The minimum absolute atomic E-state index is 0.0301. The number of aliphatic hydroxyl groups is 1. The normalized spacial score (nSPS) is 16.4. The third-order valence-corrected chi connectivity index (χ3v) is 23.7. The van der Waals surface area contributed by atoms with Crippen LogP contribution >= 0.6 is 136 Å². The second kappa shape index (κ2) is 30.2. The molecule has 0 bridgehead atoms. The summed E-state index contributed by atoms with van der Waals surface area (Å²) in [6, 6.07) is 36.1. The Morgan fingerprint density at radius 2 is 0.694 bits per heavy atom. The molecule has 0 amide bonds. The van der Waals surface area contributed by atoms with Crippen molar-refractivity contribution in [1.82, 2.24) is 0 Å². The first-order chi connectivity index (χ1) is 40.6. The number of ether oxygens (including phenoxy) is 9. The van der Waals surface area contributed by atoms with Crippen LogP contribution in [0.5, 0.6) is 51.7 Å². The van der Waals surface area contributed by atoms with Gasteiger partial charge in [-0.1, -0.05) is 54.4 Å². The lowest BCUT2D eigenvalue weighted by Crippen LogP contribution is -2.41. The van der Waals surface area contributed by atoms with Crippen LogP contribution in [0.4, 0.5) is 0 Å². The highest BCUT2D eigenvalue weighted by atomic mass is 127. The summed E-state index contributed by atoms with van der Waals surface area (Å²) in [4.78, 5) is 29.2. The molecule has 0 saturated heterocycles. The Hall–Kier alpha value is -2.29. The summed E-state index contributed by atoms with van der Waals surface area (Å²) in [5, 5.41) is 10.9.